The number of carbonyl (C=O) groups excluding carboxylic acids is 1. The van der Waals surface area contributed by atoms with E-state index in [9.17, 15) is 4.79 Å². The summed E-state index contributed by atoms with van der Waals surface area (Å²) >= 11 is 0. The number of benzene rings is 2. The normalized spacial score (nSPS) is 13.0. The summed E-state index contributed by atoms with van der Waals surface area (Å²) in [6.45, 7) is 6.39. The SMILES string of the molecule is Cc1cccc(C)c1C(=O)NCc1ccc2c(c1)CNC2. The third-order valence-corrected chi connectivity index (χ3v) is 4.06. The van der Waals surface area contributed by atoms with E-state index in [1.54, 1.807) is 0 Å². The Kier molecular flexibility index (Phi) is 3.76. The van der Waals surface area contributed by atoms with Crippen LogP contribution in [0.15, 0.2) is 36.4 Å². The van der Waals surface area contributed by atoms with Crippen LogP contribution < -0.4 is 10.6 Å². The average molecular weight is 280 g/mol. The van der Waals surface area contributed by atoms with Gasteiger partial charge in [0.15, 0.2) is 0 Å². The van der Waals surface area contributed by atoms with Gasteiger partial charge in [-0.3, -0.25) is 4.79 Å². The number of hydrogen-bond donors (Lipinski definition) is 2. The summed E-state index contributed by atoms with van der Waals surface area (Å²) in [6.07, 6.45) is 0. The van der Waals surface area contributed by atoms with Gasteiger partial charge < -0.3 is 10.6 Å². The van der Waals surface area contributed by atoms with Crippen molar-refractivity contribution in [3.05, 3.63) is 69.8 Å². The topological polar surface area (TPSA) is 41.1 Å². The predicted molar refractivity (Wildman–Crippen MR) is 84.1 cm³/mol. The molecular weight excluding hydrogens is 260 g/mol. The number of fused-ring (bicyclic) bond motifs is 1. The highest BCUT2D eigenvalue weighted by molar-refractivity contribution is 5.97. The van der Waals surface area contributed by atoms with Gasteiger partial charge in [-0.1, -0.05) is 36.4 Å². The van der Waals surface area contributed by atoms with Gasteiger partial charge in [0.25, 0.3) is 5.91 Å². The van der Waals surface area contributed by atoms with E-state index in [-0.39, 0.29) is 5.91 Å². The first-order valence-corrected chi connectivity index (χ1v) is 7.31. The van der Waals surface area contributed by atoms with E-state index < -0.39 is 0 Å². The van der Waals surface area contributed by atoms with Crippen molar-refractivity contribution in [2.45, 2.75) is 33.5 Å². The minimum atomic E-state index is 0.00391. The van der Waals surface area contributed by atoms with Gasteiger partial charge in [0.05, 0.1) is 0 Å². The van der Waals surface area contributed by atoms with E-state index in [2.05, 4.69) is 28.8 Å². The van der Waals surface area contributed by atoms with Gasteiger partial charge in [-0.15, -0.1) is 0 Å². The highest BCUT2D eigenvalue weighted by Gasteiger charge is 2.13. The van der Waals surface area contributed by atoms with Crippen LogP contribution >= 0.6 is 0 Å². The van der Waals surface area contributed by atoms with E-state index in [1.165, 1.54) is 11.1 Å². The first-order chi connectivity index (χ1) is 10.1. The second-order valence-corrected chi connectivity index (χ2v) is 5.66. The molecule has 1 amide bonds. The number of hydrogen-bond acceptors (Lipinski definition) is 2. The minimum Gasteiger partial charge on any atom is -0.348 e. The molecule has 1 aliphatic rings. The van der Waals surface area contributed by atoms with Gasteiger partial charge >= 0.3 is 0 Å². The molecule has 0 spiro atoms. The molecule has 0 atom stereocenters. The average Bonchev–Trinajstić information content (AvgIpc) is 2.92. The lowest BCUT2D eigenvalue weighted by atomic mass is 10.0. The molecule has 2 aromatic rings. The fourth-order valence-corrected chi connectivity index (χ4v) is 2.90. The van der Waals surface area contributed by atoms with Crippen molar-refractivity contribution in [2.75, 3.05) is 0 Å². The Morgan fingerprint density at radius 3 is 2.57 bits per heavy atom. The van der Waals surface area contributed by atoms with E-state index in [4.69, 9.17) is 0 Å². The Morgan fingerprint density at radius 2 is 1.81 bits per heavy atom. The molecule has 3 nitrogen and oxygen atoms in total. The molecular formula is C18H20N2O. The standard InChI is InChI=1S/C18H20N2O/c1-12-4-3-5-13(2)17(12)18(21)20-9-14-6-7-15-10-19-11-16(15)8-14/h3-8,19H,9-11H2,1-2H3,(H,20,21). The third-order valence-electron chi connectivity index (χ3n) is 4.06. The molecule has 0 saturated carbocycles. The zero-order chi connectivity index (χ0) is 14.8. The molecule has 21 heavy (non-hydrogen) atoms. The van der Waals surface area contributed by atoms with E-state index in [1.807, 2.05) is 32.0 Å². The molecule has 0 fully saturated rings. The first-order valence-electron chi connectivity index (χ1n) is 7.31. The van der Waals surface area contributed by atoms with Crippen LogP contribution in [-0.4, -0.2) is 5.91 Å². The van der Waals surface area contributed by atoms with Crippen LogP contribution in [0, 0.1) is 13.8 Å². The predicted octanol–water partition coefficient (Wildman–Crippen LogP) is 2.84. The second-order valence-electron chi connectivity index (χ2n) is 5.66. The number of amides is 1. The number of rotatable bonds is 3. The summed E-state index contributed by atoms with van der Waals surface area (Å²) < 4.78 is 0. The van der Waals surface area contributed by atoms with Crippen molar-refractivity contribution in [3.63, 3.8) is 0 Å². The van der Waals surface area contributed by atoms with Crippen molar-refractivity contribution < 1.29 is 4.79 Å². The van der Waals surface area contributed by atoms with Gasteiger partial charge in [-0.05, 0) is 41.7 Å². The van der Waals surface area contributed by atoms with Gasteiger partial charge in [0, 0.05) is 25.2 Å². The third kappa shape index (κ3) is 2.83. The molecule has 1 aliphatic heterocycles. The Morgan fingerprint density at radius 1 is 1.10 bits per heavy atom. The Balaban J connectivity index is 1.71. The molecule has 0 aromatic heterocycles. The molecule has 0 bridgehead atoms. The number of aryl methyl sites for hydroxylation is 2. The zero-order valence-electron chi connectivity index (χ0n) is 12.5. The van der Waals surface area contributed by atoms with Gasteiger partial charge in [0.1, 0.15) is 0 Å². The summed E-state index contributed by atoms with van der Waals surface area (Å²) in [7, 11) is 0. The summed E-state index contributed by atoms with van der Waals surface area (Å²) in [4.78, 5) is 12.4. The van der Waals surface area contributed by atoms with Crippen LogP contribution in [0.4, 0.5) is 0 Å². The highest BCUT2D eigenvalue weighted by atomic mass is 16.1. The van der Waals surface area contributed by atoms with Crippen molar-refractivity contribution in [3.8, 4) is 0 Å². The van der Waals surface area contributed by atoms with Crippen LogP contribution in [0.3, 0.4) is 0 Å². The smallest absolute Gasteiger partial charge is 0.252 e. The summed E-state index contributed by atoms with van der Waals surface area (Å²) in [6, 6.07) is 12.4. The summed E-state index contributed by atoms with van der Waals surface area (Å²) in [5.74, 6) is 0.00391. The van der Waals surface area contributed by atoms with Crippen molar-refractivity contribution in [2.24, 2.45) is 0 Å². The quantitative estimate of drug-likeness (QED) is 0.907. The molecule has 3 rings (SSSR count). The summed E-state index contributed by atoms with van der Waals surface area (Å²) in [5, 5.41) is 6.36. The minimum absolute atomic E-state index is 0.00391. The maximum Gasteiger partial charge on any atom is 0.252 e. The Labute approximate surface area is 125 Å². The number of carbonyl (C=O) groups is 1. The van der Waals surface area contributed by atoms with E-state index >= 15 is 0 Å². The molecule has 0 aliphatic carbocycles. The molecule has 2 N–H and O–H groups in total. The number of nitrogens with one attached hydrogen (secondary N) is 2. The fourth-order valence-electron chi connectivity index (χ4n) is 2.90. The van der Waals surface area contributed by atoms with Crippen molar-refractivity contribution in [1.82, 2.24) is 10.6 Å². The van der Waals surface area contributed by atoms with Crippen LogP contribution in [0.25, 0.3) is 0 Å². The lowest BCUT2D eigenvalue weighted by Gasteiger charge is -2.11. The molecule has 0 saturated heterocycles. The van der Waals surface area contributed by atoms with Gasteiger partial charge in [-0.2, -0.15) is 0 Å². The monoisotopic (exact) mass is 280 g/mol. The first kappa shape index (κ1) is 13.8. The maximum absolute atomic E-state index is 12.4. The summed E-state index contributed by atoms with van der Waals surface area (Å²) in [5.41, 5.74) is 6.68. The fraction of sp³-hybridized carbons (Fsp3) is 0.278. The molecule has 108 valence electrons. The van der Waals surface area contributed by atoms with Crippen molar-refractivity contribution in [1.29, 1.82) is 0 Å². The van der Waals surface area contributed by atoms with Crippen LogP contribution in [0.1, 0.15) is 38.2 Å². The van der Waals surface area contributed by atoms with Crippen LogP contribution in [0.5, 0.6) is 0 Å². The lowest BCUT2D eigenvalue weighted by molar-refractivity contribution is 0.0949. The Hall–Kier alpha value is -2.13. The lowest BCUT2D eigenvalue weighted by Crippen LogP contribution is -2.24. The molecule has 3 heteroatoms. The van der Waals surface area contributed by atoms with E-state index in [0.717, 1.165) is 35.3 Å². The molecule has 1 heterocycles. The zero-order valence-corrected chi connectivity index (χ0v) is 12.5. The van der Waals surface area contributed by atoms with Crippen LogP contribution in [-0.2, 0) is 19.6 Å². The molecule has 0 unspecified atom stereocenters. The molecule has 0 radical (unpaired) electrons. The van der Waals surface area contributed by atoms with Crippen LogP contribution in [0.2, 0.25) is 0 Å². The van der Waals surface area contributed by atoms with Crippen molar-refractivity contribution >= 4 is 5.91 Å². The molecule has 2 aromatic carbocycles. The largest absolute Gasteiger partial charge is 0.348 e. The Bertz CT molecular complexity index is 671. The second kappa shape index (κ2) is 5.70. The van der Waals surface area contributed by atoms with Gasteiger partial charge in [-0.25, -0.2) is 0 Å². The van der Waals surface area contributed by atoms with E-state index in [0.29, 0.717) is 6.54 Å². The van der Waals surface area contributed by atoms with Gasteiger partial charge in [0.2, 0.25) is 0 Å². The maximum atomic E-state index is 12.4. The highest BCUT2D eigenvalue weighted by Crippen LogP contribution is 2.17.